The average Bonchev–Trinajstić information content (AvgIpc) is 3.33. The average molecular weight is 359 g/mol. The number of halogens is 3. The molecule has 1 saturated carbocycles. The summed E-state index contributed by atoms with van der Waals surface area (Å²) in [7, 11) is 0. The zero-order valence-corrected chi connectivity index (χ0v) is 13.8. The number of hydrogen-bond acceptors (Lipinski definition) is 2. The van der Waals surface area contributed by atoms with Gasteiger partial charge in [-0.25, -0.2) is 4.52 Å². The lowest BCUT2D eigenvalue weighted by molar-refractivity contribution is -0.137. The lowest BCUT2D eigenvalue weighted by atomic mass is 10.0. The zero-order chi connectivity index (χ0) is 18.3. The summed E-state index contributed by atoms with van der Waals surface area (Å²) in [6.07, 6.45) is -0.532. The van der Waals surface area contributed by atoms with Crippen molar-refractivity contribution in [3.8, 4) is 11.1 Å². The van der Waals surface area contributed by atoms with E-state index in [-0.39, 0.29) is 11.6 Å². The highest BCUT2D eigenvalue weighted by Gasteiger charge is 2.30. The molecule has 2 heterocycles. The Morgan fingerprint density at radius 1 is 1.19 bits per heavy atom. The molecule has 0 bridgehead atoms. The maximum absolute atomic E-state index is 13.0. The van der Waals surface area contributed by atoms with Crippen LogP contribution in [-0.4, -0.2) is 22.1 Å². The SMILES string of the molecule is O=C(NCC1CC1)c1cc(-c2cccc(C(F)(F)F)c2)c2cccn2n1. The van der Waals surface area contributed by atoms with Crippen LogP contribution in [0.5, 0.6) is 0 Å². The Morgan fingerprint density at radius 2 is 2.00 bits per heavy atom. The Labute approximate surface area is 147 Å². The molecule has 2 aromatic heterocycles. The van der Waals surface area contributed by atoms with Gasteiger partial charge in [0.2, 0.25) is 0 Å². The van der Waals surface area contributed by atoms with Gasteiger partial charge in [-0.1, -0.05) is 12.1 Å². The molecule has 4 nitrogen and oxygen atoms in total. The second-order valence-electron chi connectivity index (χ2n) is 6.51. The molecule has 4 rings (SSSR count). The number of rotatable bonds is 4. The number of benzene rings is 1. The van der Waals surface area contributed by atoms with Crippen molar-refractivity contribution in [3.63, 3.8) is 0 Å². The highest BCUT2D eigenvalue weighted by Crippen LogP contribution is 2.33. The van der Waals surface area contributed by atoms with Gasteiger partial charge in [-0.2, -0.15) is 18.3 Å². The molecule has 26 heavy (non-hydrogen) atoms. The van der Waals surface area contributed by atoms with Crippen molar-refractivity contribution in [1.29, 1.82) is 0 Å². The molecule has 3 aromatic rings. The van der Waals surface area contributed by atoms with Crippen LogP contribution in [-0.2, 0) is 6.18 Å². The summed E-state index contributed by atoms with van der Waals surface area (Å²) in [5, 5.41) is 7.11. The van der Waals surface area contributed by atoms with Gasteiger partial charge in [0.1, 0.15) is 5.69 Å². The molecule has 1 aliphatic rings. The van der Waals surface area contributed by atoms with Crippen molar-refractivity contribution in [3.05, 3.63) is 59.9 Å². The molecule has 0 atom stereocenters. The van der Waals surface area contributed by atoms with Crippen LogP contribution in [0.4, 0.5) is 13.2 Å². The van der Waals surface area contributed by atoms with E-state index in [0.29, 0.717) is 29.1 Å². The fourth-order valence-corrected chi connectivity index (χ4v) is 2.88. The number of amides is 1. The summed E-state index contributed by atoms with van der Waals surface area (Å²) in [5.41, 5.74) is 1.02. The van der Waals surface area contributed by atoms with Gasteiger partial charge in [0.15, 0.2) is 0 Å². The van der Waals surface area contributed by atoms with E-state index in [1.807, 2.05) is 0 Å². The van der Waals surface area contributed by atoms with Crippen LogP contribution in [0.2, 0.25) is 0 Å². The first kappa shape index (κ1) is 16.6. The molecule has 134 valence electrons. The van der Waals surface area contributed by atoms with Crippen molar-refractivity contribution in [2.45, 2.75) is 19.0 Å². The first-order chi connectivity index (χ1) is 12.4. The van der Waals surface area contributed by atoms with E-state index in [9.17, 15) is 18.0 Å². The Hall–Kier alpha value is -2.83. The Balaban J connectivity index is 1.76. The second-order valence-corrected chi connectivity index (χ2v) is 6.51. The first-order valence-corrected chi connectivity index (χ1v) is 8.36. The van der Waals surface area contributed by atoms with Gasteiger partial charge in [0, 0.05) is 18.3 Å². The van der Waals surface area contributed by atoms with Gasteiger partial charge in [-0.3, -0.25) is 4.79 Å². The van der Waals surface area contributed by atoms with E-state index >= 15 is 0 Å². The summed E-state index contributed by atoms with van der Waals surface area (Å²) in [4.78, 5) is 12.4. The highest BCUT2D eigenvalue weighted by atomic mass is 19.4. The van der Waals surface area contributed by atoms with Gasteiger partial charge in [-0.05, 0) is 54.7 Å². The van der Waals surface area contributed by atoms with Gasteiger partial charge in [-0.15, -0.1) is 0 Å². The third kappa shape index (κ3) is 3.29. The molecular formula is C19H16F3N3O. The Morgan fingerprint density at radius 3 is 2.73 bits per heavy atom. The molecule has 0 spiro atoms. The van der Waals surface area contributed by atoms with Crippen LogP contribution in [0.3, 0.4) is 0 Å². The zero-order valence-electron chi connectivity index (χ0n) is 13.8. The van der Waals surface area contributed by atoms with Crippen LogP contribution in [0.15, 0.2) is 48.7 Å². The first-order valence-electron chi connectivity index (χ1n) is 8.36. The van der Waals surface area contributed by atoms with E-state index in [4.69, 9.17) is 0 Å². The van der Waals surface area contributed by atoms with Crippen molar-refractivity contribution >= 4 is 11.4 Å². The predicted octanol–water partition coefficient (Wildman–Crippen LogP) is 4.16. The summed E-state index contributed by atoms with van der Waals surface area (Å²) in [6, 6.07) is 10.1. The van der Waals surface area contributed by atoms with E-state index in [1.54, 1.807) is 30.5 Å². The topological polar surface area (TPSA) is 46.4 Å². The quantitative estimate of drug-likeness (QED) is 0.760. The molecule has 1 fully saturated rings. The van der Waals surface area contributed by atoms with Crippen LogP contribution < -0.4 is 5.32 Å². The fourth-order valence-electron chi connectivity index (χ4n) is 2.88. The molecule has 1 aliphatic carbocycles. The Bertz CT molecular complexity index is 974. The molecule has 0 unspecified atom stereocenters. The smallest absolute Gasteiger partial charge is 0.350 e. The Kier molecular flexibility index (Phi) is 3.94. The van der Waals surface area contributed by atoms with Crippen molar-refractivity contribution in [2.75, 3.05) is 6.54 Å². The lowest BCUT2D eigenvalue weighted by Gasteiger charge is -2.11. The molecule has 7 heteroatoms. The standard InChI is InChI=1S/C19H16F3N3O/c20-19(21,22)14-4-1-3-13(9-14)15-10-16(18(26)23-11-12-6-7-12)24-25-8-2-5-17(15)25/h1-5,8-10,12H,6-7,11H2,(H,23,26). The van der Waals surface area contributed by atoms with Crippen LogP contribution >= 0.6 is 0 Å². The summed E-state index contributed by atoms with van der Waals surface area (Å²) in [5.74, 6) is 0.206. The number of nitrogens with zero attached hydrogens (tertiary/aromatic N) is 2. The van der Waals surface area contributed by atoms with E-state index in [2.05, 4.69) is 10.4 Å². The maximum atomic E-state index is 13.0. The number of alkyl halides is 3. The van der Waals surface area contributed by atoms with E-state index in [1.165, 1.54) is 10.6 Å². The summed E-state index contributed by atoms with van der Waals surface area (Å²) in [6.45, 7) is 0.600. The number of fused-ring (bicyclic) bond motifs is 1. The summed E-state index contributed by atoms with van der Waals surface area (Å²) < 4.78 is 40.7. The lowest BCUT2D eigenvalue weighted by Crippen LogP contribution is -2.27. The van der Waals surface area contributed by atoms with Crippen molar-refractivity contribution in [2.24, 2.45) is 5.92 Å². The summed E-state index contributed by atoms with van der Waals surface area (Å²) >= 11 is 0. The van der Waals surface area contributed by atoms with Crippen LogP contribution in [0.25, 0.3) is 16.6 Å². The maximum Gasteiger partial charge on any atom is 0.416 e. The molecule has 0 saturated heterocycles. The number of nitrogens with one attached hydrogen (secondary N) is 1. The number of aromatic nitrogens is 2. The van der Waals surface area contributed by atoms with Gasteiger partial charge in [0.05, 0.1) is 11.1 Å². The van der Waals surface area contributed by atoms with Crippen LogP contribution in [0, 0.1) is 5.92 Å². The van der Waals surface area contributed by atoms with Crippen molar-refractivity contribution < 1.29 is 18.0 Å². The van der Waals surface area contributed by atoms with E-state index < -0.39 is 11.7 Å². The monoisotopic (exact) mass is 359 g/mol. The van der Waals surface area contributed by atoms with E-state index in [0.717, 1.165) is 25.0 Å². The molecule has 1 N–H and O–H groups in total. The molecule has 0 radical (unpaired) electrons. The van der Waals surface area contributed by atoms with Gasteiger partial charge in [0.25, 0.3) is 5.91 Å². The minimum absolute atomic E-state index is 0.182. The van der Waals surface area contributed by atoms with Crippen molar-refractivity contribution in [1.82, 2.24) is 14.9 Å². The molecule has 1 amide bonds. The molecule has 0 aliphatic heterocycles. The number of carbonyl (C=O) groups excluding carboxylic acids is 1. The predicted molar refractivity (Wildman–Crippen MR) is 90.7 cm³/mol. The third-order valence-corrected chi connectivity index (χ3v) is 4.48. The molecular weight excluding hydrogens is 343 g/mol. The number of carbonyl (C=O) groups is 1. The second kappa shape index (κ2) is 6.16. The minimum atomic E-state index is -4.42. The van der Waals surface area contributed by atoms with Gasteiger partial charge < -0.3 is 5.32 Å². The minimum Gasteiger partial charge on any atom is -0.350 e. The van der Waals surface area contributed by atoms with Crippen LogP contribution in [0.1, 0.15) is 28.9 Å². The highest BCUT2D eigenvalue weighted by molar-refractivity contribution is 5.95. The normalized spacial score (nSPS) is 14.6. The third-order valence-electron chi connectivity index (χ3n) is 4.48. The number of hydrogen-bond donors (Lipinski definition) is 1. The largest absolute Gasteiger partial charge is 0.416 e. The molecule has 1 aromatic carbocycles. The van der Waals surface area contributed by atoms with Gasteiger partial charge >= 0.3 is 6.18 Å². The fraction of sp³-hybridized carbons (Fsp3) is 0.263.